The van der Waals surface area contributed by atoms with Crippen LogP contribution in [0.1, 0.15) is 25.1 Å². The number of aromatic amines is 1. The minimum atomic E-state index is -1.09. The summed E-state index contributed by atoms with van der Waals surface area (Å²) in [5.41, 5.74) is 7.87. The van der Waals surface area contributed by atoms with E-state index in [2.05, 4.69) is 20.6 Å². The van der Waals surface area contributed by atoms with Crippen LogP contribution in [0.25, 0.3) is 0 Å². The Hall–Kier alpha value is -3.99. The fourth-order valence-electron chi connectivity index (χ4n) is 2.48. The van der Waals surface area contributed by atoms with E-state index in [0.29, 0.717) is 5.57 Å². The Morgan fingerprint density at radius 3 is 2.33 bits per heavy atom. The van der Waals surface area contributed by atoms with Crippen LogP contribution in [0.15, 0.2) is 54.5 Å². The van der Waals surface area contributed by atoms with E-state index >= 15 is 0 Å². The van der Waals surface area contributed by atoms with Crippen molar-refractivity contribution in [1.29, 1.82) is 0 Å². The molecule has 11 heteroatoms. The summed E-state index contributed by atoms with van der Waals surface area (Å²) in [7, 11) is 0. The predicted molar refractivity (Wildman–Crippen MR) is 120 cm³/mol. The maximum absolute atomic E-state index is 12.0. The number of nitrogens with one attached hydrogen (secondary N) is 3. The van der Waals surface area contributed by atoms with Crippen LogP contribution >= 0.6 is 0 Å². The van der Waals surface area contributed by atoms with Crippen LogP contribution in [0.2, 0.25) is 0 Å². The molecule has 0 aliphatic rings. The molecule has 0 saturated carbocycles. The number of carbonyl (C=O) groups is 4. The first kappa shape index (κ1) is 27.0. The molecule has 2 atom stereocenters. The first-order chi connectivity index (χ1) is 15.6. The number of carboxylic acid groups (broad SMARTS) is 2. The second kappa shape index (κ2) is 14.1. The first-order valence-electron chi connectivity index (χ1n) is 10.1. The number of nitrogens with two attached hydrogens (primary N) is 1. The number of amides is 2. The van der Waals surface area contributed by atoms with E-state index < -0.39 is 29.9 Å². The van der Waals surface area contributed by atoms with Crippen LogP contribution in [0.3, 0.4) is 0 Å². The zero-order valence-corrected chi connectivity index (χ0v) is 18.4. The number of imidazole rings is 1. The Morgan fingerprint density at radius 1 is 1.15 bits per heavy atom. The van der Waals surface area contributed by atoms with Crippen molar-refractivity contribution >= 4 is 23.8 Å². The highest BCUT2D eigenvalue weighted by Crippen LogP contribution is 2.04. The molecule has 178 valence electrons. The van der Waals surface area contributed by atoms with Crippen molar-refractivity contribution in [3.05, 3.63) is 65.8 Å². The molecule has 0 aliphatic carbocycles. The highest BCUT2D eigenvalue weighted by Gasteiger charge is 2.24. The number of aliphatic carboxylic acids is 2. The van der Waals surface area contributed by atoms with E-state index in [1.807, 2.05) is 30.3 Å². The number of aromatic nitrogens is 2. The number of carbonyl (C=O) groups excluding carboxylic acids is 2. The van der Waals surface area contributed by atoms with Gasteiger partial charge < -0.3 is 31.6 Å². The van der Waals surface area contributed by atoms with Gasteiger partial charge in [0.1, 0.15) is 12.6 Å². The monoisotopic (exact) mass is 459 g/mol. The van der Waals surface area contributed by atoms with Gasteiger partial charge in [-0.05, 0) is 19.4 Å². The van der Waals surface area contributed by atoms with Crippen LogP contribution in [0.5, 0.6) is 0 Å². The summed E-state index contributed by atoms with van der Waals surface area (Å²) in [6.45, 7) is 3.01. The first-order valence-corrected chi connectivity index (χ1v) is 10.1. The lowest BCUT2D eigenvalue weighted by Gasteiger charge is -2.17. The Morgan fingerprint density at radius 2 is 1.82 bits per heavy atom. The summed E-state index contributed by atoms with van der Waals surface area (Å²) in [5.74, 6) is -2.97. The Kier molecular flexibility index (Phi) is 11.6. The van der Waals surface area contributed by atoms with E-state index in [-0.39, 0.29) is 25.3 Å². The maximum Gasteiger partial charge on any atom is 0.326 e. The van der Waals surface area contributed by atoms with Gasteiger partial charge in [0.15, 0.2) is 0 Å². The fourth-order valence-corrected chi connectivity index (χ4v) is 2.48. The summed E-state index contributed by atoms with van der Waals surface area (Å²) < 4.78 is 0. The highest BCUT2D eigenvalue weighted by atomic mass is 16.4. The van der Waals surface area contributed by atoms with E-state index in [4.69, 9.17) is 10.8 Å². The van der Waals surface area contributed by atoms with Crippen molar-refractivity contribution in [2.24, 2.45) is 5.73 Å². The predicted octanol–water partition coefficient (Wildman–Crippen LogP) is 0.245. The van der Waals surface area contributed by atoms with Gasteiger partial charge in [-0.25, -0.2) is 9.78 Å². The largest absolute Gasteiger partial charge is 0.480 e. The number of rotatable bonds is 10. The van der Waals surface area contributed by atoms with Gasteiger partial charge in [-0.1, -0.05) is 36.4 Å². The lowest BCUT2D eigenvalue weighted by atomic mass is 10.1. The van der Waals surface area contributed by atoms with E-state index in [0.717, 1.165) is 11.3 Å². The molecule has 0 spiro atoms. The number of nitrogens with zero attached hydrogens (tertiary/aromatic N) is 1. The van der Waals surface area contributed by atoms with Gasteiger partial charge >= 0.3 is 11.9 Å². The van der Waals surface area contributed by atoms with Crippen LogP contribution in [0.4, 0.5) is 0 Å². The van der Waals surface area contributed by atoms with Crippen molar-refractivity contribution < 1.29 is 29.4 Å². The molecule has 11 nitrogen and oxygen atoms in total. The molecule has 0 radical (unpaired) electrons. The Labute approximate surface area is 191 Å². The Bertz CT molecular complexity index is 943. The van der Waals surface area contributed by atoms with Crippen LogP contribution in [-0.2, 0) is 32.0 Å². The standard InChI is InChI=1S/C15H18N4O3.C7H11NO3/c16-12(7-11-8-17-9-18-11)14(20)19-13(15(21)22)6-10-4-2-1-3-5-10;1-3-5(2)7(11)8-4-6(9)10/h1-5,8-9,12-13H,6-7,16H2,(H,17,18)(H,19,20)(H,21,22);3H,4H2,1-2H3,(H,8,11)(H,9,10)/t12-,13-;/m0./s1. The molecule has 2 amide bonds. The van der Waals surface area contributed by atoms with E-state index in [9.17, 15) is 24.3 Å². The molecule has 0 unspecified atom stereocenters. The molecule has 33 heavy (non-hydrogen) atoms. The highest BCUT2D eigenvalue weighted by molar-refractivity contribution is 5.94. The molecular formula is C22H29N5O6. The van der Waals surface area contributed by atoms with Gasteiger partial charge in [0, 0.05) is 30.3 Å². The number of hydrogen-bond acceptors (Lipinski definition) is 6. The number of carboxylic acids is 2. The average molecular weight is 460 g/mol. The third-order valence-corrected chi connectivity index (χ3v) is 4.42. The summed E-state index contributed by atoms with van der Waals surface area (Å²) >= 11 is 0. The number of benzene rings is 1. The van der Waals surface area contributed by atoms with Crippen LogP contribution < -0.4 is 16.4 Å². The van der Waals surface area contributed by atoms with Gasteiger partial charge in [0.2, 0.25) is 11.8 Å². The topological polar surface area (TPSA) is 187 Å². The number of allylic oxidation sites excluding steroid dienone is 1. The molecule has 7 N–H and O–H groups in total. The molecule has 0 bridgehead atoms. The molecule has 1 aromatic heterocycles. The van der Waals surface area contributed by atoms with Crippen molar-refractivity contribution in [2.45, 2.75) is 38.8 Å². The summed E-state index contributed by atoms with van der Waals surface area (Å²) in [6.07, 6.45) is 5.17. The second-order valence-electron chi connectivity index (χ2n) is 7.02. The van der Waals surface area contributed by atoms with Gasteiger partial charge in [-0.15, -0.1) is 0 Å². The van der Waals surface area contributed by atoms with Crippen molar-refractivity contribution in [2.75, 3.05) is 6.54 Å². The van der Waals surface area contributed by atoms with E-state index in [1.165, 1.54) is 6.33 Å². The summed E-state index contributed by atoms with van der Waals surface area (Å²) in [4.78, 5) is 50.9. The van der Waals surface area contributed by atoms with Gasteiger partial charge in [0.05, 0.1) is 12.4 Å². The average Bonchev–Trinajstić information content (AvgIpc) is 3.30. The van der Waals surface area contributed by atoms with Gasteiger partial charge in [-0.3, -0.25) is 14.4 Å². The minimum absolute atomic E-state index is 0.207. The molecule has 1 aromatic carbocycles. The van der Waals surface area contributed by atoms with Crippen LogP contribution in [0, 0.1) is 0 Å². The molecule has 1 heterocycles. The van der Waals surface area contributed by atoms with Crippen molar-refractivity contribution in [3.63, 3.8) is 0 Å². The fraction of sp³-hybridized carbons (Fsp3) is 0.318. The Balaban J connectivity index is 0.000000420. The normalized spacial score (nSPS) is 12.5. The molecule has 0 saturated heterocycles. The molecule has 2 rings (SSSR count). The van der Waals surface area contributed by atoms with Crippen molar-refractivity contribution in [3.8, 4) is 0 Å². The molecular weight excluding hydrogens is 430 g/mol. The molecule has 2 aromatic rings. The second-order valence-corrected chi connectivity index (χ2v) is 7.02. The lowest BCUT2D eigenvalue weighted by molar-refractivity contribution is -0.142. The maximum atomic E-state index is 12.0. The zero-order chi connectivity index (χ0) is 24.8. The van der Waals surface area contributed by atoms with Crippen molar-refractivity contribution in [1.82, 2.24) is 20.6 Å². The van der Waals surface area contributed by atoms with E-state index in [1.54, 1.807) is 26.1 Å². The smallest absolute Gasteiger partial charge is 0.326 e. The summed E-state index contributed by atoms with van der Waals surface area (Å²) in [5, 5.41) is 22.1. The van der Waals surface area contributed by atoms with Gasteiger partial charge in [0.25, 0.3) is 0 Å². The third kappa shape index (κ3) is 10.7. The SMILES string of the molecule is CC=C(C)C(=O)NCC(=O)O.N[C@@H](Cc1cnc[nH]1)C(=O)N[C@@H](Cc1ccccc1)C(=O)O. The minimum Gasteiger partial charge on any atom is -0.480 e. The number of hydrogen-bond donors (Lipinski definition) is 6. The molecule has 0 fully saturated rings. The zero-order valence-electron chi connectivity index (χ0n) is 18.4. The quantitative estimate of drug-likeness (QED) is 0.273. The van der Waals surface area contributed by atoms with Crippen LogP contribution in [-0.4, -0.2) is 62.6 Å². The summed E-state index contributed by atoms with van der Waals surface area (Å²) in [6, 6.07) is 7.26. The molecule has 0 aliphatic heterocycles. The van der Waals surface area contributed by atoms with Gasteiger partial charge in [-0.2, -0.15) is 0 Å². The lowest BCUT2D eigenvalue weighted by Crippen LogP contribution is -2.50. The third-order valence-electron chi connectivity index (χ3n) is 4.42. The number of H-pyrrole nitrogens is 1.